The fourth-order valence-electron chi connectivity index (χ4n) is 1.77. The van der Waals surface area contributed by atoms with Gasteiger partial charge in [-0.15, -0.1) is 0 Å². The lowest BCUT2D eigenvalue weighted by atomic mass is 10.0. The van der Waals surface area contributed by atoms with Crippen LogP contribution in [0.2, 0.25) is 5.02 Å². The van der Waals surface area contributed by atoms with E-state index in [9.17, 15) is 0 Å². The monoisotopic (exact) mass is 334 g/mol. The Labute approximate surface area is 122 Å². The summed E-state index contributed by atoms with van der Waals surface area (Å²) in [5, 5.41) is 0.773. The van der Waals surface area contributed by atoms with Crippen LogP contribution in [0.3, 0.4) is 0 Å². The Morgan fingerprint density at radius 3 is 2.89 bits per heavy atom. The minimum atomic E-state index is 0.226. The van der Waals surface area contributed by atoms with Crippen LogP contribution in [0, 0.1) is 0 Å². The third-order valence-corrected chi connectivity index (χ3v) is 3.61. The minimum absolute atomic E-state index is 0.226. The topological polar surface area (TPSA) is 47.3 Å². The van der Waals surface area contributed by atoms with Gasteiger partial charge < -0.3 is 4.74 Å². The smallest absolute Gasteiger partial charge is 0.0466 e. The van der Waals surface area contributed by atoms with Crippen LogP contribution < -0.4 is 11.3 Å². The summed E-state index contributed by atoms with van der Waals surface area (Å²) < 4.78 is 6.31. The number of nitrogens with two attached hydrogens (primary N) is 1. The largest absolute Gasteiger partial charge is 0.382 e. The van der Waals surface area contributed by atoms with Crippen molar-refractivity contribution in [3.05, 3.63) is 33.3 Å². The summed E-state index contributed by atoms with van der Waals surface area (Å²) in [7, 11) is 0. The number of hydrazine groups is 1. The van der Waals surface area contributed by atoms with Gasteiger partial charge in [0.1, 0.15) is 0 Å². The number of hydrogen-bond donors (Lipinski definition) is 2. The number of rotatable bonds is 8. The van der Waals surface area contributed by atoms with E-state index < -0.39 is 0 Å². The Morgan fingerprint density at radius 2 is 2.28 bits per heavy atom. The fourth-order valence-corrected chi connectivity index (χ4v) is 2.52. The summed E-state index contributed by atoms with van der Waals surface area (Å²) in [5.74, 6) is 5.57. The molecular weight excluding hydrogens is 316 g/mol. The summed E-state index contributed by atoms with van der Waals surface area (Å²) in [6, 6.07) is 6.16. The third kappa shape index (κ3) is 5.67. The molecule has 0 fully saturated rings. The van der Waals surface area contributed by atoms with E-state index in [1.807, 2.05) is 25.1 Å². The molecule has 0 heterocycles. The molecule has 0 aromatic heterocycles. The van der Waals surface area contributed by atoms with E-state index in [2.05, 4.69) is 21.4 Å². The Bertz CT molecular complexity index is 363. The van der Waals surface area contributed by atoms with E-state index in [-0.39, 0.29) is 6.04 Å². The lowest BCUT2D eigenvalue weighted by molar-refractivity contribution is 0.140. The van der Waals surface area contributed by atoms with Gasteiger partial charge in [-0.05, 0) is 43.9 Å². The van der Waals surface area contributed by atoms with Crippen molar-refractivity contribution in [3.8, 4) is 0 Å². The molecule has 1 rings (SSSR count). The van der Waals surface area contributed by atoms with E-state index in [1.165, 1.54) is 0 Å². The zero-order valence-corrected chi connectivity index (χ0v) is 12.9. The molecule has 18 heavy (non-hydrogen) atoms. The molecule has 0 radical (unpaired) electrons. The first-order chi connectivity index (χ1) is 8.67. The Hall–Kier alpha value is -0.130. The summed E-state index contributed by atoms with van der Waals surface area (Å²) in [6.45, 7) is 3.54. The minimum Gasteiger partial charge on any atom is -0.382 e. The van der Waals surface area contributed by atoms with Gasteiger partial charge in [0.05, 0.1) is 0 Å². The van der Waals surface area contributed by atoms with Crippen LogP contribution in [-0.4, -0.2) is 19.3 Å². The maximum atomic E-state index is 6.19. The lowest BCUT2D eigenvalue weighted by Gasteiger charge is -2.16. The van der Waals surface area contributed by atoms with Crippen molar-refractivity contribution >= 4 is 27.5 Å². The van der Waals surface area contributed by atoms with E-state index in [4.69, 9.17) is 22.2 Å². The third-order valence-electron chi connectivity index (χ3n) is 2.76. The highest BCUT2D eigenvalue weighted by atomic mass is 79.9. The summed E-state index contributed by atoms with van der Waals surface area (Å²) in [6.07, 6.45) is 2.80. The van der Waals surface area contributed by atoms with Crippen molar-refractivity contribution in [2.45, 2.75) is 32.2 Å². The average Bonchev–Trinajstić information content (AvgIpc) is 2.35. The molecule has 1 aromatic rings. The molecule has 0 bridgehead atoms. The second-order valence-corrected chi connectivity index (χ2v) is 5.47. The zero-order valence-electron chi connectivity index (χ0n) is 10.6. The molecule has 3 nitrogen and oxygen atoms in total. The normalized spacial score (nSPS) is 12.7. The molecule has 5 heteroatoms. The van der Waals surface area contributed by atoms with Crippen LogP contribution in [0.4, 0.5) is 0 Å². The van der Waals surface area contributed by atoms with Crippen molar-refractivity contribution < 1.29 is 4.74 Å². The number of benzene rings is 1. The first kappa shape index (κ1) is 15.9. The molecule has 0 aliphatic rings. The molecule has 3 N–H and O–H groups in total. The second kappa shape index (κ2) is 8.88. The number of hydrogen-bond acceptors (Lipinski definition) is 3. The fraction of sp³-hybridized carbons (Fsp3) is 0.538. The molecule has 0 spiro atoms. The number of halogens is 2. The second-order valence-electron chi connectivity index (χ2n) is 4.14. The van der Waals surface area contributed by atoms with Crippen LogP contribution in [0.1, 0.15) is 25.3 Å². The van der Waals surface area contributed by atoms with Crippen LogP contribution in [0.25, 0.3) is 0 Å². The van der Waals surface area contributed by atoms with Crippen molar-refractivity contribution in [3.63, 3.8) is 0 Å². The van der Waals surface area contributed by atoms with E-state index in [0.29, 0.717) is 0 Å². The zero-order chi connectivity index (χ0) is 13.4. The van der Waals surface area contributed by atoms with Gasteiger partial charge in [-0.25, -0.2) is 0 Å². The molecule has 1 unspecified atom stereocenters. The van der Waals surface area contributed by atoms with Gasteiger partial charge in [0.2, 0.25) is 0 Å². The van der Waals surface area contributed by atoms with E-state index >= 15 is 0 Å². The van der Waals surface area contributed by atoms with Crippen molar-refractivity contribution in [1.82, 2.24) is 5.43 Å². The Kier molecular flexibility index (Phi) is 7.86. The van der Waals surface area contributed by atoms with Crippen LogP contribution in [0.5, 0.6) is 0 Å². The van der Waals surface area contributed by atoms with Crippen LogP contribution in [-0.2, 0) is 11.2 Å². The van der Waals surface area contributed by atoms with Gasteiger partial charge in [-0.3, -0.25) is 11.3 Å². The molecule has 0 saturated heterocycles. The van der Waals surface area contributed by atoms with Crippen molar-refractivity contribution in [2.24, 2.45) is 5.84 Å². The standard InChI is InChI=1S/C13H20BrClN2O/c1-2-18-7-3-4-12(17-16)8-10-5-6-11(14)9-13(10)15/h5-6,9,12,17H,2-4,7-8,16H2,1H3. The van der Waals surface area contributed by atoms with Gasteiger partial charge in [-0.1, -0.05) is 33.6 Å². The predicted molar refractivity (Wildman–Crippen MR) is 79.7 cm³/mol. The molecule has 102 valence electrons. The van der Waals surface area contributed by atoms with Gasteiger partial charge in [0, 0.05) is 28.8 Å². The van der Waals surface area contributed by atoms with Crippen LogP contribution >= 0.6 is 27.5 Å². The van der Waals surface area contributed by atoms with Gasteiger partial charge in [0.15, 0.2) is 0 Å². The summed E-state index contributed by atoms with van der Waals surface area (Å²) in [5.41, 5.74) is 3.95. The first-order valence-electron chi connectivity index (χ1n) is 6.15. The molecule has 0 amide bonds. The van der Waals surface area contributed by atoms with Gasteiger partial charge in [0.25, 0.3) is 0 Å². The van der Waals surface area contributed by atoms with Crippen molar-refractivity contribution in [1.29, 1.82) is 0 Å². The Balaban J connectivity index is 2.46. The predicted octanol–water partition coefficient (Wildman–Crippen LogP) is 3.29. The summed E-state index contributed by atoms with van der Waals surface area (Å²) in [4.78, 5) is 0. The summed E-state index contributed by atoms with van der Waals surface area (Å²) >= 11 is 9.59. The maximum absolute atomic E-state index is 6.19. The lowest BCUT2D eigenvalue weighted by Crippen LogP contribution is -2.37. The number of nitrogens with one attached hydrogen (secondary N) is 1. The SMILES string of the molecule is CCOCCCC(Cc1ccc(Br)cc1Cl)NN. The first-order valence-corrected chi connectivity index (χ1v) is 7.32. The van der Waals surface area contributed by atoms with E-state index in [1.54, 1.807) is 0 Å². The molecule has 0 aliphatic carbocycles. The highest BCUT2D eigenvalue weighted by molar-refractivity contribution is 9.10. The highest BCUT2D eigenvalue weighted by Crippen LogP contribution is 2.23. The van der Waals surface area contributed by atoms with E-state index in [0.717, 1.165) is 47.5 Å². The molecule has 0 aliphatic heterocycles. The molecule has 1 atom stereocenters. The molecule has 0 saturated carbocycles. The maximum Gasteiger partial charge on any atom is 0.0466 e. The highest BCUT2D eigenvalue weighted by Gasteiger charge is 2.10. The quantitative estimate of drug-likeness (QED) is 0.435. The molecule has 1 aromatic carbocycles. The average molecular weight is 336 g/mol. The van der Waals surface area contributed by atoms with Crippen molar-refractivity contribution in [2.75, 3.05) is 13.2 Å². The Morgan fingerprint density at radius 1 is 1.50 bits per heavy atom. The van der Waals surface area contributed by atoms with Crippen LogP contribution in [0.15, 0.2) is 22.7 Å². The number of ether oxygens (including phenoxy) is 1. The van der Waals surface area contributed by atoms with Gasteiger partial charge in [-0.2, -0.15) is 0 Å². The molecular formula is C13H20BrClN2O. The van der Waals surface area contributed by atoms with Gasteiger partial charge >= 0.3 is 0 Å².